The summed E-state index contributed by atoms with van der Waals surface area (Å²) >= 11 is 0. The fourth-order valence-electron chi connectivity index (χ4n) is 0.751. The Balaban J connectivity index is 0. The zero-order valence-electron chi connectivity index (χ0n) is 6.60. The predicted octanol–water partition coefficient (Wildman–Crippen LogP) is 0.821. The zero-order chi connectivity index (χ0) is 7.49. The molecule has 0 aromatic rings. The highest BCUT2D eigenvalue weighted by Gasteiger charge is 2.16. The van der Waals surface area contributed by atoms with E-state index in [0.29, 0.717) is 0 Å². The molecule has 1 N–H and O–H groups in total. The molecule has 62 valence electrons. The van der Waals surface area contributed by atoms with Crippen LogP contribution in [0, 0.1) is 5.41 Å². The maximum Gasteiger partial charge on any atom is 0.0621 e. The Bertz CT molecular complexity index is 115. The molecule has 0 aliphatic rings. The molecule has 0 saturated heterocycles. The third-order valence-electron chi connectivity index (χ3n) is 1.32. The van der Waals surface area contributed by atoms with Crippen LogP contribution in [-0.2, 0) is 0 Å². The topological polar surface area (TPSA) is 32.6 Å². The van der Waals surface area contributed by atoms with E-state index in [0.717, 1.165) is 12.1 Å². The molecule has 0 aromatic carbocycles. The summed E-state index contributed by atoms with van der Waals surface area (Å²) in [4.78, 5) is 0. The average molecular weight is 161 g/mol. The summed E-state index contributed by atoms with van der Waals surface area (Å²) in [5.41, 5.74) is 0.867. The lowest BCUT2D eigenvalue weighted by atomic mass is 9.89. The Morgan fingerprint density at radius 3 is 1.80 bits per heavy atom. The molecule has 3 heteroatoms. The van der Waals surface area contributed by atoms with Gasteiger partial charge in [0, 0.05) is 5.41 Å². The molecule has 0 radical (unpaired) electrons. The smallest absolute Gasteiger partial charge is 0.0621 e. The minimum atomic E-state index is 0. The van der Waals surface area contributed by atoms with Crippen molar-refractivity contribution in [3.05, 3.63) is 0 Å². The summed E-state index contributed by atoms with van der Waals surface area (Å²) in [6.07, 6.45) is 0.819. The number of hydrogen-bond donors (Lipinski definition) is 1. The van der Waals surface area contributed by atoms with Gasteiger partial charge in [-0.25, -0.2) is 0 Å². The van der Waals surface area contributed by atoms with E-state index in [-0.39, 0.29) is 16.4 Å². The third kappa shape index (κ3) is 3.66. The first-order valence-corrected chi connectivity index (χ1v) is 3.23. The molecule has 0 fully saturated rings. The Kier molecular flexibility index (Phi) is 5.56. The summed E-state index contributed by atoms with van der Waals surface area (Å²) in [5, 5.41) is 11.6. The SMILES string of the molecule is CCC(=NO)C(C)(C)C.[SiH4]. The molecule has 0 aliphatic carbocycles. The van der Waals surface area contributed by atoms with E-state index in [4.69, 9.17) is 5.21 Å². The van der Waals surface area contributed by atoms with Crippen molar-refractivity contribution in [1.82, 2.24) is 0 Å². The summed E-state index contributed by atoms with van der Waals surface area (Å²) in [6, 6.07) is 0. The van der Waals surface area contributed by atoms with Gasteiger partial charge in [-0.3, -0.25) is 0 Å². The van der Waals surface area contributed by atoms with E-state index < -0.39 is 0 Å². The van der Waals surface area contributed by atoms with Gasteiger partial charge in [-0.1, -0.05) is 32.9 Å². The first-order valence-electron chi connectivity index (χ1n) is 3.23. The molecule has 2 nitrogen and oxygen atoms in total. The highest BCUT2D eigenvalue weighted by atomic mass is 28.1. The summed E-state index contributed by atoms with van der Waals surface area (Å²) in [5.74, 6) is 0. The van der Waals surface area contributed by atoms with Crippen LogP contribution in [-0.4, -0.2) is 21.9 Å². The number of nitrogens with zero attached hydrogens (tertiary/aromatic N) is 1. The standard InChI is InChI=1S/C7H15NO.H4Si/c1-5-6(8-9)7(2,3)4;/h9H,5H2,1-4H3;1H4. The van der Waals surface area contributed by atoms with Crippen LogP contribution in [0.25, 0.3) is 0 Å². The number of rotatable bonds is 1. The van der Waals surface area contributed by atoms with Gasteiger partial charge in [0.2, 0.25) is 0 Å². The van der Waals surface area contributed by atoms with Crippen LogP contribution in [0.4, 0.5) is 0 Å². The van der Waals surface area contributed by atoms with Gasteiger partial charge in [-0.2, -0.15) is 0 Å². The molecule has 0 atom stereocenters. The normalized spacial score (nSPS) is 12.6. The summed E-state index contributed by atoms with van der Waals surface area (Å²) in [7, 11) is 0. The van der Waals surface area contributed by atoms with Crippen LogP contribution in [0.15, 0.2) is 5.16 Å². The maximum absolute atomic E-state index is 8.45. The zero-order valence-corrected chi connectivity index (χ0v) is 6.60. The van der Waals surface area contributed by atoms with E-state index >= 15 is 0 Å². The maximum atomic E-state index is 8.45. The molecule has 0 aromatic heterocycles. The van der Waals surface area contributed by atoms with Crippen LogP contribution in [0.3, 0.4) is 0 Å². The second kappa shape index (κ2) is 4.49. The molecule has 0 unspecified atom stereocenters. The lowest BCUT2D eigenvalue weighted by Crippen LogP contribution is -2.19. The van der Waals surface area contributed by atoms with E-state index in [9.17, 15) is 0 Å². The van der Waals surface area contributed by atoms with Crippen LogP contribution >= 0.6 is 0 Å². The Labute approximate surface area is 67.3 Å². The molecule has 0 rings (SSSR count). The van der Waals surface area contributed by atoms with Gasteiger partial charge in [-0.05, 0) is 17.4 Å². The van der Waals surface area contributed by atoms with Gasteiger partial charge in [-0.15, -0.1) is 0 Å². The summed E-state index contributed by atoms with van der Waals surface area (Å²) < 4.78 is 0. The van der Waals surface area contributed by atoms with Gasteiger partial charge >= 0.3 is 0 Å². The van der Waals surface area contributed by atoms with Crippen molar-refractivity contribution in [2.24, 2.45) is 10.6 Å². The van der Waals surface area contributed by atoms with Crippen molar-refractivity contribution in [1.29, 1.82) is 0 Å². The molecule has 10 heavy (non-hydrogen) atoms. The molecule has 0 saturated carbocycles. The Hall–Kier alpha value is -0.313. The average Bonchev–Trinajstić information content (AvgIpc) is 1.65. The molecule has 0 bridgehead atoms. The quantitative estimate of drug-likeness (QED) is 0.263. The predicted molar refractivity (Wildman–Crippen MR) is 50.3 cm³/mol. The highest BCUT2D eigenvalue weighted by molar-refractivity contribution is 5.88. The first-order chi connectivity index (χ1) is 4.02. The molecular formula is C7H19NOSi. The second-order valence-corrected chi connectivity index (χ2v) is 3.15. The van der Waals surface area contributed by atoms with Crippen molar-refractivity contribution in [2.75, 3.05) is 0 Å². The van der Waals surface area contributed by atoms with Crippen molar-refractivity contribution in [3.63, 3.8) is 0 Å². The summed E-state index contributed by atoms with van der Waals surface area (Å²) in [6.45, 7) is 8.09. The largest absolute Gasteiger partial charge is 0.411 e. The van der Waals surface area contributed by atoms with Crippen molar-refractivity contribution >= 4 is 16.7 Å². The van der Waals surface area contributed by atoms with Gasteiger partial charge in [0.25, 0.3) is 0 Å². The third-order valence-corrected chi connectivity index (χ3v) is 1.32. The van der Waals surface area contributed by atoms with E-state index in [1.54, 1.807) is 0 Å². The van der Waals surface area contributed by atoms with Crippen LogP contribution in [0.5, 0.6) is 0 Å². The van der Waals surface area contributed by atoms with E-state index in [2.05, 4.69) is 5.16 Å². The minimum Gasteiger partial charge on any atom is -0.411 e. The van der Waals surface area contributed by atoms with Gasteiger partial charge < -0.3 is 5.21 Å². The number of oxime groups is 1. The monoisotopic (exact) mass is 161 g/mol. The molecule has 0 aliphatic heterocycles. The fourth-order valence-corrected chi connectivity index (χ4v) is 0.751. The minimum absolute atomic E-state index is 0. The van der Waals surface area contributed by atoms with Crippen LogP contribution in [0.2, 0.25) is 0 Å². The van der Waals surface area contributed by atoms with E-state index in [1.807, 2.05) is 27.7 Å². The lowest BCUT2D eigenvalue weighted by molar-refractivity contribution is 0.309. The Morgan fingerprint density at radius 1 is 1.40 bits per heavy atom. The number of hydrogen-bond acceptors (Lipinski definition) is 2. The van der Waals surface area contributed by atoms with Crippen LogP contribution < -0.4 is 0 Å². The molecule has 0 heterocycles. The van der Waals surface area contributed by atoms with Gasteiger partial charge in [0.1, 0.15) is 0 Å². The lowest BCUT2D eigenvalue weighted by Gasteiger charge is -2.17. The van der Waals surface area contributed by atoms with Crippen molar-refractivity contribution < 1.29 is 5.21 Å². The van der Waals surface area contributed by atoms with Crippen molar-refractivity contribution in [2.45, 2.75) is 34.1 Å². The molecule has 0 spiro atoms. The van der Waals surface area contributed by atoms with Gasteiger partial charge in [0.05, 0.1) is 5.71 Å². The highest BCUT2D eigenvalue weighted by Crippen LogP contribution is 2.17. The van der Waals surface area contributed by atoms with E-state index in [1.165, 1.54) is 0 Å². The van der Waals surface area contributed by atoms with Crippen LogP contribution in [0.1, 0.15) is 34.1 Å². The van der Waals surface area contributed by atoms with Gasteiger partial charge in [0.15, 0.2) is 0 Å². The second-order valence-electron chi connectivity index (χ2n) is 3.15. The fraction of sp³-hybridized carbons (Fsp3) is 0.857. The molecule has 0 amide bonds. The Morgan fingerprint density at radius 2 is 1.80 bits per heavy atom. The molecular weight excluding hydrogens is 142 g/mol. The first kappa shape index (κ1) is 12.4. The van der Waals surface area contributed by atoms with Crippen molar-refractivity contribution in [3.8, 4) is 0 Å².